The van der Waals surface area contributed by atoms with E-state index in [0.29, 0.717) is 5.01 Å². The van der Waals surface area contributed by atoms with Gasteiger partial charge in [-0.25, -0.2) is 4.79 Å². The van der Waals surface area contributed by atoms with Gasteiger partial charge in [0.2, 0.25) is 0 Å². The smallest absolute Gasteiger partial charge is 0.404 e. The molecule has 1 radical (unpaired) electrons. The zero-order valence-electron chi connectivity index (χ0n) is 4.90. The summed E-state index contributed by atoms with van der Waals surface area (Å²) >= 11 is 1.18. The number of hydrogen-bond donors (Lipinski definition) is 1. The van der Waals surface area contributed by atoms with Crippen LogP contribution in [0.15, 0.2) is 0 Å². The molecule has 0 aliphatic carbocycles. The Kier molecular flexibility index (Phi) is 2.16. The highest BCUT2D eigenvalue weighted by Crippen LogP contribution is 2.01. The van der Waals surface area contributed by atoms with Crippen molar-refractivity contribution in [2.45, 2.75) is 6.61 Å². The van der Waals surface area contributed by atoms with Gasteiger partial charge < -0.3 is 10.5 Å². The molecule has 0 bridgehead atoms. The lowest BCUT2D eigenvalue weighted by Crippen LogP contribution is -2.12. The Hall–Kier alpha value is -1.17. The molecule has 0 saturated carbocycles. The van der Waals surface area contributed by atoms with Crippen LogP contribution in [0.3, 0.4) is 0 Å². The average molecular weight is 158 g/mol. The number of ether oxygens (including phenoxy) is 1. The summed E-state index contributed by atoms with van der Waals surface area (Å²) in [5.41, 5.74) is 7.20. The van der Waals surface area contributed by atoms with Crippen LogP contribution in [-0.2, 0) is 11.3 Å². The van der Waals surface area contributed by atoms with Gasteiger partial charge in [-0.2, -0.15) is 0 Å². The quantitative estimate of drug-likeness (QED) is 0.653. The molecule has 1 rings (SSSR count). The second kappa shape index (κ2) is 3.11. The highest BCUT2D eigenvalue weighted by molar-refractivity contribution is 7.08. The van der Waals surface area contributed by atoms with Crippen LogP contribution in [0.5, 0.6) is 0 Å². The summed E-state index contributed by atoms with van der Waals surface area (Å²) in [6.45, 7) is 0.0799. The standard InChI is InChI=1S/C4H4N3O2S/c5-4(8)9-1-3-7-6-2-10-3/h1H2,(H2,5,8). The maximum absolute atomic E-state index is 10.0. The van der Waals surface area contributed by atoms with Gasteiger partial charge in [-0.05, 0) is 0 Å². The molecule has 0 fully saturated rings. The van der Waals surface area contributed by atoms with Gasteiger partial charge >= 0.3 is 6.09 Å². The van der Waals surface area contributed by atoms with Crippen LogP contribution in [-0.4, -0.2) is 16.3 Å². The van der Waals surface area contributed by atoms with E-state index in [1.807, 2.05) is 0 Å². The molecule has 1 amide bonds. The zero-order valence-corrected chi connectivity index (χ0v) is 5.72. The van der Waals surface area contributed by atoms with E-state index in [9.17, 15) is 4.79 Å². The Morgan fingerprint density at radius 3 is 3.20 bits per heavy atom. The molecule has 53 valence electrons. The third-order valence-electron chi connectivity index (χ3n) is 0.704. The minimum Gasteiger partial charge on any atom is -0.442 e. The fourth-order valence-corrected chi connectivity index (χ4v) is 0.747. The van der Waals surface area contributed by atoms with Crippen molar-refractivity contribution in [3.63, 3.8) is 0 Å². The Morgan fingerprint density at radius 1 is 1.90 bits per heavy atom. The molecule has 0 aliphatic rings. The van der Waals surface area contributed by atoms with Crippen molar-refractivity contribution >= 4 is 17.4 Å². The molecule has 6 heteroatoms. The number of nitrogens with two attached hydrogens (primary N) is 1. The van der Waals surface area contributed by atoms with E-state index in [1.54, 1.807) is 0 Å². The van der Waals surface area contributed by atoms with Crippen molar-refractivity contribution < 1.29 is 9.53 Å². The molecular formula is C4H4N3O2S. The summed E-state index contributed by atoms with van der Waals surface area (Å²) in [7, 11) is 0. The molecule has 1 aromatic rings. The second-order valence-corrected chi connectivity index (χ2v) is 2.25. The van der Waals surface area contributed by atoms with Crippen LogP contribution in [0.25, 0.3) is 0 Å². The predicted molar refractivity (Wildman–Crippen MR) is 33.1 cm³/mol. The van der Waals surface area contributed by atoms with Gasteiger partial charge in [-0.1, -0.05) is 11.3 Å². The number of amides is 1. The molecule has 0 unspecified atom stereocenters. The summed E-state index contributed by atoms with van der Waals surface area (Å²) in [5.74, 6) is 0. The maximum Gasteiger partial charge on any atom is 0.404 e. The van der Waals surface area contributed by atoms with Gasteiger partial charge in [0.15, 0.2) is 10.5 Å². The van der Waals surface area contributed by atoms with E-state index in [2.05, 4.69) is 20.4 Å². The number of aromatic nitrogens is 2. The Labute approximate surface area is 60.8 Å². The molecule has 5 nitrogen and oxygen atoms in total. The van der Waals surface area contributed by atoms with Crippen molar-refractivity contribution in [1.29, 1.82) is 0 Å². The second-order valence-electron chi connectivity index (χ2n) is 1.39. The number of hydrogen-bond acceptors (Lipinski definition) is 5. The topological polar surface area (TPSA) is 78.1 Å². The molecule has 0 spiro atoms. The first kappa shape index (κ1) is 6.94. The minimum absolute atomic E-state index is 0.0799. The van der Waals surface area contributed by atoms with E-state index in [4.69, 9.17) is 5.73 Å². The fourth-order valence-electron chi connectivity index (χ4n) is 0.361. The minimum atomic E-state index is -0.810. The van der Waals surface area contributed by atoms with E-state index in [-0.39, 0.29) is 6.61 Å². The van der Waals surface area contributed by atoms with Crippen LogP contribution in [0, 0.1) is 5.51 Å². The van der Waals surface area contributed by atoms with Crippen molar-refractivity contribution in [3.05, 3.63) is 10.5 Å². The van der Waals surface area contributed by atoms with Gasteiger partial charge in [-0.3, -0.25) is 0 Å². The Balaban J connectivity index is 2.35. The summed E-state index contributed by atoms with van der Waals surface area (Å²) in [6, 6.07) is 0. The van der Waals surface area contributed by atoms with Gasteiger partial charge in [0.25, 0.3) is 0 Å². The molecule has 2 N–H and O–H groups in total. The van der Waals surface area contributed by atoms with E-state index in [1.165, 1.54) is 11.3 Å². The van der Waals surface area contributed by atoms with Gasteiger partial charge in [-0.15, -0.1) is 10.2 Å². The first-order valence-electron chi connectivity index (χ1n) is 2.39. The molecule has 0 aromatic carbocycles. The Morgan fingerprint density at radius 2 is 2.70 bits per heavy atom. The Bertz CT molecular complexity index is 210. The monoisotopic (exact) mass is 158 g/mol. The highest BCUT2D eigenvalue weighted by atomic mass is 32.1. The lowest BCUT2D eigenvalue weighted by molar-refractivity contribution is 0.150. The van der Waals surface area contributed by atoms with Gasteiger partial charge in [0, 0.05) is 0 Å². The fraction of sp³-hybridized carbons (Fsp3) is 0.250. The van der Waals surface area contributed by atoms with E-state index in [0.717, 1.165) is 0 Å². The number of nitrogens with zero attached hydrogens (tertiary/aromatic N) is 2. The van der Waals surface area contributed by atoms with Crippen molar-refractivity contribution in [3.8, 4) is 0 Å². The lowest BCUT2D eigenvalue weighted by Gasteiger charge is -1.93. The molecule has 0 atom stereocenters. The van der Waals surface area contributed by atoms with E-state index < -0.39 is 6.09 Å². The molecule has 0 saturated heterocycles. The van der Waals surface area contributed by atoms with Crippen LogP contribution in [0.1, 0.15) is 5.01 Å². The number of carbonyl (C=O) groups is 1. The largest absolute Gasteiger partial charge is 0.442 e. The van der Waals surface area contributed by atoms with Crippen LogP contribution >= 0.6 is 11.3 Å². The normalized spacial score (nSPS) is 9.20. The van der Waals surface area contributed by atoms with Gasteiger partial charge in [0.1, 0.15) is 6.61 Å². The highest BCUT2D eigenvalue weighted by Gasteiger charge is 1.98. The average Bonchev–Trinajstić information content (AvgIpc) is 2.34. The SMILES string of the molecule is NC(=O)OCc1nn[c]s1. The third kappa shape index (κ3) is 1.98. The van der Waals surface area contributed by atoms with Crippen molar-refractivity contribution in [1.82, 2.24) is 10.2 Å². The van der Waals surface area contributed by atoms with Gasteiger partial charge in [0.05, 0.1) is 0 Å². The van der Waals surface area contributed by atoms with Crippen LogP contribution in [0.2, 0.25) is 0 Å². The molecule has 0 aliphatic heterocycles. The number of carbonyl (C=O) groups excluding carboxylic acids is 1. The first-order chi connectivity index (χ1) is 4.79. The number of primary amides is 1. The van der Waals surface area contributed by atoms with Crippen LogP contribution in [0.4, 0.5) is 4.79 Å². The summed E-state index contributed by atoms with van der Waals surface area (Å²) in [6.07, 6.45) is -0.810. The van der Waals surface area contributed by atoms with Crippen LogP contribution < -0.4 is 5.73 Å². The molecule has 1 heterocycles. The van der Waals surface area contributed by atoms with E-state index >= 15 is 0 Å². The summed E-state index contributed by atoms with van der Waals surface area (Å²) in [4.78, 5) is 10.0. The molecular weight excluding hydrogens is 154 g/mol. The summed E-state index contributed by atoms with van der Waals surface area (Å²) < 4.78 is 4.41. The first-order valence-corrected chi connectivity index (χ1v) is 3.21. The molecule has 1 aromatic heterocycles. The zero-order chi connectivity index (χ0) is 7.40. The molecule has 10 heavy (non-hydrogen) atoms. The lowest BCUT2D eigenvalue weighted by atomic mass is 10.8. The summed E-state index contributed by atoms with van der Waals surface area (Å²) in [5, 5.41) is 7.56. The van der Waals surface area contributed by atoms with Crippen molar-refractivity contribution in [2.24, 2.45) is 5.73 Å². The predicted octanol–water partition coefficient (Wildman–Crippen LogP) is -0.0664. The van der Waals surface area contributed by atoms with Crippen molar-refractivity contribution in [2.75, 3.05) is 0 Å². The third-order valence-corrected chi connectivity index (χ3v) is 1.31. The maximum atomic E-state index is 10.0. The number of rotatable bonds is 2.